The number of alkyl halides is 3. The van der Waals surface area contributed by atoms with Crippen LogP contribution in [0, 0.1) is 0 Å². The van der Waals surface area contributed by atoms with E-state index in [1.54, 1.807) is 7.05 Å². The fourth-order valence-electron chi connectivity index (χ4n) is 3.53. The van der Waals surface area contributed by atoms with Crippen LogP contribution in [0.3, 0.4) is 0 Å². The Hall–Kier alpha value is -2.00. The minimum Gasteiger partial charge on any atom is -0.492 e. The Morgan fingerprint density at radius 1 is 1.27 bits per heavy atom. The number of aliphatic imine (C=N–C) groups is 1. The summed E-state index contributed by atoms with van der Waals surface area (Å²) in [5, 5.41) is 6.47. The first-order valence-electron chi connectivity index (χ1n) is 10.5. The lowest BCUT2D eigenvalue weighted by Crippen LogP contribution is -2.44. The van der Waals surface area contributed by atoms with Crippen molar-refractivity contribution in [1.82, 2.24) is 20.4 Å². The molecule has 6 nitrogen and oxygen atoms in total. The highest BCUT2D eigenvalue weighted by Crippen LogP contribution is 2.20. The number of ether oxygens (including phenoxy) is 1. The van der Waals surface area contributed by atoms with Gasteiger partial charge in [0.05, 0.1) is 6.54 Å². The predicted molar refractivity (Wildman–Crippen MR) is 114 cm³/mol. The number of nitrogens with one attached hydrogen (secondary N) is 2. The van der Waals surface area contributed by atoms with Gasteiger partial charge >= 0.3 is 6.18 Å². The topological polar surface area (TPSA) is 52.1 Å². The quantitative estimate of drug-likeness (QED) is 0.443. The van der Waals surface area contributed by atoms with E-state index in [1.807, 2.05) is 24.3 Å². The van der Waals surface area contributed by atoms with E-state index >= 15 is 0 Å². The summed E-state index contributed by atoms with van der Waals surface area (Å²) in [6.45, 7) is 8.16. The molecule has 0 amide bonds. The number of likely N-dealkylation sites (tertiary alicyclic amines) is 1. The van der Waals surface area contributed by atoms with Crippen molar-refractivity contribution >= 4 is 5.96 Å². The summed E-state index contributed by atoms with van der Waals surface area (Å²) in [5.41, 5.74) is 1.00. The number of hydrogen-bond donors (Lipinski definition) is 2. The number of rotatable bonds is 10. The van der Waals surface area contributed by atoms with Crippen molar-refractivity contribution in [3.8, 4) is 5.75 Å². The van der Waals surface area contributed by atoms with Crippen LogP contribution in [0.1, 0.15) is 25.8 Å². The third-order valence-electron chi connectivity index (χ3n) is 5.22. The molecule has 1 fully saturated rings. The van der Waals surface area contributed by atoms with E-state index in [4.69, 9.17) is 4.74 Å². The maximum Gasteiger partial charge on any atom is 0.401 e. The largest absolute Gasteiger partial charge is 0.492 e. The van der Waals surface area contributed by atoms with Crippen LogP contribution in [0.25, 0.3) is 0 Å². The molecule has 0 bridgehead atoms. The maximum absolute atomic E-state index is 12.6. The van der Waals surface area contributed by atoms with Gasteiger partial charge in [0.25, 0.3) is 0 Å². The number of benzene rings is 1. The molecule has 0 aliphatic carbocycles. The molecule has 2 N–H and O–H groups in total. The van der Waals surface area contributed by atoms with Gasteiger partial charge in [0, 0.05) is 44.8 Å². The molecule has 1 aliphatic rings. The molecule has 1 atom stereocenters. The van der Waals surface area contributed by atoms with Crippen molar-refractivity contribution < 1.29 is 17.9 Å². The Kier molecular flexibility index (Phi) is 9.71. The summed E-state index contributed by atoms with van der Waals surface area (Å²) in [5.74, 6) is 1.40. The van der Waals surface area contributed by atoms with Crippen molar-refractivity contribution in [1.29, 1.82) is 0 Å². The second-order valence-electron chi connectivity index (χ2n) is 7.39. The Labute approximate surface area is 177 Å². The van der Waals surface area contributed by atoms with E-state index in [-0.39, 0.29) is 6.04 Å². The Balaban J connectivity index is 1.82. The highest BCUT2D eigenvalue weighted by molar-refractivity contribution is 5.80. The van der Waals surface area contributed by atoms with E-state index in [0.717, 1.165) is 30.9 Å². The fourth-order valence-corrected chi connectivity index (χ4v) is 3.53. The van der Waals surface area contributed by atoms with Gasteiger partial charge in [-0.05, 0) is 25.6 Å². The fraction of sp³-hybridized carbons (Fsp3) is 0.667. The average molecular weight is 430 g/mol. The first kappa shape index (κ1) is 24.3. The molecule has 1 saturated heterocycles. The SMILES string of the molecule is CCN(CC)CCOc1ccccc1CNC(=NC)NC1CCN(CC(F)(F)F)C1. The zero-order chi connectivity index (χ0) is 22.0. The number of guanidine groups is 1. The smallest absolute Gasteiger partial charge is 0.401 e. The molecule has 0 aromatic heterocycles. The molecule has 0 spiro atoms. The number of nitrogens with zero attached hydrogens (tertiary/aromatic N) is 3. The van der Waals surface area contributed by atoms with E-state index in [0.29, 0.717) is 38.6 Å². The normalized spacial score (nSPS) is 18.1. The number of halogens is 3. The lowest BCUT2D eigenvalue weighted by atomic mass is 10.2. The third kappa shape index (κ3) is 8.39. The van der Waals surface area contributed by atoms with Crippen LogP contribution < -0.4 is 15.4 Å². The van der Waals surface area contributed by atoms with Gasteiger partial charge in [0.2, 0.25) is 0 Å². The van der Waals surface area contributed by atoms with Gasteiger partial charge in [-0.2, -0.15) is 13.2 Å². The van der Waals surface area contributed by atoms with Gasteiger partial charge in [-0.15, -0.1) is 0 Å². The molecule has 0 radical (unpaired) electrons. The average Bonchev–Trinajstić information content (AvgIpc) is 3.14. The van der Waals surface area contributed by atoms with Crippen LogP contribution in [0.4, 0.5) is 13.2 Å². The van der Waals surface area contributed by atoms with Crippen LogP contribution in [0.2, 0.25) is 0 Å². The second-order valence-corrected chi connectivity index (χ2v) is 7.39. The van der Waals surface area contributed by atoms with E-state index in [9.17, 15) is 13.2 Å². The Bertz CT molecular complexity index is 664. The van der Waals surface area contributed by atoms with Crippen LogP contribution >= 0.6 is 0 Å². The zero-order valence-corrected chi connectivity index (χ0v) is 18.1. The van der Waals surface area contributed by atoms with Crippen LogP contribution in [0.15, 0.2) is 29.3 Å². The van der Waals surface area contributed by atoms with Crippen LogP contribution in [-0.2, 0) is 6.54 Å². The van der Waals surface area contributed by atoms with Crippen LogP contribution in [0.5, 0.6) is 5.75 Å². The highest BCUT2D eigenvalue weighted by atomic mass is 19.4. The summed E-state index contributed by atoms with van der Waals surface area (Å²) < 4.78 is 43.7. The lowest BCUT2D eigenvalue weighted by molar-refractivity contribution is -0.143. The van der Waals surface area contributed by atoms with Crippen LogP contribution in [-0.4, -0.2) is 80.9 Å². The highest BCUT2D eigenvalue weighted by Gasteiger charge is 2.34. The molecular weight excluding hydrogens is 395 g/mol. The van der Waals surface area contributed by atoms with Gasteiger partial charge in [-0.3, -0.25) is 9.89 Å². The summed E-state index contributed by atoms with van der Waals surface area (Å²) in [4.78, 5) is 7.93. The molecule has 0 saturated carbocycles. The molecule has 1 unspecified atom stereocenters. The molecular formula is C21H34F3N5O. The van der Waals surface area contributed by atoms with E-state index in [2.05, 4.69) is 34.4 Å². The Morgan fingerprint density at radius 2 is 2.00 bits per heavy atom. The van der Waals surface area contributed by atoms with Crippen molar-refractivity contribution in [2.75, 3.05) is 52.9 Å². The summed E-state index contributed by atoms with van der Waals surface area (Å²) in [6, 6.07) is 7.78. The molecule has 1 aliphatic heterocycles. The van der Waals surface area contributed by atoms with Gasteiger partial charge in [-0.25, -0.2) is 0 Å². The lowest BCUT2D eigenvalue weighted by Gasteiger charge is -2.21. The summed E-state index contributed by atoms with van der Waals surface area (Å²) in [6.07, 6.45) is -3.51. The van der Waals surface area contributed by atoms with Gasteiger partial charge in [-0.1, -0.05) is 32.0 Å². The summed E-state index contributed by atoms with van der Waals surface area (Å²) >= 11 is 0. The van der Waals surface area contributed by atoms with E-state index < -0.39 is 12.7 Å². The predicted octanol–water partition coefficient (Wildman–Crippen LogP) is 2.71. The molecule has 9 heteroatoms. The molecule has 1 aromatic carbocycles. The number of hydrogen-bond acceptors (Lipinski definition) is 4. The van der Waals surface area contributed by atoms with Crippen molar-refractivity contribution in [2.45, 2.75) is 39.0 Å². The van der Waals surface area contributed by atoms with Crippen molar-refractivity contribution in [3.05, 3.63) is 29.8 Å². The number of para-hydroxylation sites is 1. The molecule has 2 rings (SSSR count). The summed E-state index contributed by atoms with van der Waals surface area (Å²) in [7, 11) is 1.66. The Morgan fingerprint density at radius 3 is 2.67 bits per heavy atom. The minimum atomic E-state index is -4.16. The monoisotopic (exact) mass is 429 g/mol. The molecule has 1 aromatic rings. The van der Waals surface area contributed by atoms with Crippen molar-refractivity contribution in [3.63, 3.8) is 0 Å². The first-order valence-corrected chi connectivity index (χ1v) is 10.5. The standard InChI is InChI=1S/C21H34F3N5O/c1-4-28(5-2)12-13-30-19-9-7-6-8-17(19)14-26-20(25-3)27-18-10-11-29(15-18)16-21(22,23)24/h6-9,18H,4-5,10-16H2,1-3H3,(H2,25,26,27). The molecule has 30 heavy (non-hydrogen) atoms. The van der Waals surface area contributed by atoms with Gasteiger partial charge in [0.15, 0.2) is 5.96 Å². The zero-order valence-electron chi connectivity index (χ0n) is 18.1. The minimum absolute atomic E-state index is 0.0564. The van der Waals surface area contributed by atoms with Gasteiger partial charge < -0.3 is 20.3 Å². The van der Waals surface area contributed by atoms with Crippen molar-refractivity contribution in [2.24, 2.45) is 4.99 Å². The van der Waals surface area contributed by atoms with E-state index in [1.165, 1.54) is 4.90 Å². The first-order chi connectivity index (χ1) is 14.3. The van der Waals surface area contributed by atoms with Gasteiger partial charge in [0.1, 0.15) is 12.4 Å². The third-order valence-corrected chi connectivity index (χ3v) is 5.22. The number of likely N-dealkylation sites (N-methyl/N-ethyl adjacent to an activating group) is 1. The second kappa shape index (κ2) is 12.0. The molecule has 170 valence electrons. The molecule has 1 heterocycles. The maximum atomic E-state index is 12.6.